The van der Waals surface area contributed by atoms with Crippen LogP contribution >= 0.6 is 11.6 Å². The zero-order valence-electron chi connectivity index (χ0n) is 17.6. The van der Waals surface area contributed by atoms with Gasteiger partial charge in [-0.25, -0.2) is 0 Å². The number of hydrogen-bond acceptors (Lipinski definition) is 3. The van der Waals surface area contributed by atoms with Crippen molar-refractivity contribution in [3.63, 3.8) is 0 Å². The summed E-state index contributed by atoms with van der Waals surface area (Å²) in [5, 5.41) is 3.55. The highest BCUT2D eigenvalue weighted by Gasteiger charge is 2.28. The molecule has 1 atom stereocenters. The summed E-state index contributed by atoms with van der Waals surface area (Å²) < 4.78 is 5.65. The Bertz CT molecular complexity index is 880. The first-order chi connectivity index (χ1) is 14.4. The number of ether oxygens (including phenoxy) is 1. The molecule has 0 aliphatic heterocycles. The molecule has 0 spiro atoms. The van der Waals surface area contributed by atoms with Crippen LogP contribution in [0.25, 0.3) is 0 Å². The molecule has 3 rings (SSSR count). The maximum absolute atomic E-state index is 13.1. The third-order valence-corrected chi connectivity index (χ3v) is 5.80. The lowest BCUT2D eigenvalue weighted by atomic mass is 10.1. The molecule has 1 aliphatic carbocycles. The minimum absolute atomic E-state index is 0.124. The smallest absolute Gasteiger partial charge is 0.261 e. The second kappa shape index (κ2) is 10.5. The standard InChI is InChI=1S/C24H29ClN2O3/c1-17-8-7-9-19(14-17)15-27(18(2)24(29)26-20-10-3-4-11-20)23(28)16-30-22-13-6-5-12-21(22)25/h5-9,12-14,18,20H,3-4,10-11,15-16H2,1-2H3,(H,26,29)/t18-/m0/s1. The van der Waals surface area contributed by atoms with Gasteiger partial charge in [-0.3, -0.25) is 9.59 Å². The molecule has 1 saturated carbocycles. The minimum Gasteiger partial charge on any atom is -0.482 e. The number of hydrogen-bond donors (Lipinski definition) is 1. The summed E-state index contributed by atoms with van der Waals surface area (Å²) in [4.78, 5) is 27.5. The van der Waals surface area contributed by atoms with E-state index in [-0.39, 0.29) is 24.5 Å². The van der Waals surface area contributed by atoms with Gasteiger partial charge in [0.15, 0.2) is 6.61 Å². The summed E-state index contributed by atoms with van der Waals surface area (Å²) in [6.07, 6.45) is 4.27. The predicted octanol–water partition coefficient (Wildman–Crippen LogP) is 4.50. The van der Waals surface area contributed by atoms with E-state index in [1.54, 1.807) is 36.1 Å². The van der Waals surface area contributed by atoms with Crippen molar-refractivity contribution in [1.29, 1.82) is 0 Å². The molecule has 6 heteroatoms. The number of benzene rings is 2. The van der Waals surface area contributed by atoms with Crippen LogP contribution in [-0.2, 0) is 16.1 Å². The van der Waals surface area contributed by atoms with Crippen molar-refractivity contribution in [2.24, 2.45) is 0 Å². The van der Waals surface area contributed by atoms with Crippen molar-refractivity contribution in [3.8, 4) is 5.75 Å². The van der Waals surface area contributed by atoms with Crippen molar-refractivity contribution >= 4 is 23.4 Å². The third-order valence-electron chi connectivity index (χ3n) is 5.49. The van der Waals surface area contributed by atoms with E-state index in [0.717, 1.165) is 36.8 Å². The first-order valence-electron chi connectivity index (χ1n) is 10.5. The molecule has 30 heavy (non-hydrogen) atoms. The van der Waals surface area contributed by atoms with E-state index in [1.807, 2.05) is 31.2 Å². The average Bonchev–Trinajstić information content (AvgIpc) is 3.24. The Morgan fingerprint density at radius 1 is 1.17 bits per heavy atom. The lowest BCUT2D eigenvalue weighted by Gasteiger charge is -2.29. The molecule has 0 heterocycles. The van der Waals surface area contributed by atoms with E-state index in [4.69, 9.17) is 16.3 Å². The van der Waals surface area contributed by atoms with Gasteiger partial charge in [-0.05, 0) is 44.4 Å². The highest BCUT2D eigenvalue weighted by molar-refractivity contribution is 6.32. The summed E-state index contributed by atoms with van der Waals surface area (Å²) in [7, 11) is 0. The van der Waals surface area contributed by atoms with Crippen LogP contribution in [0.3, 0.4) is 0 Å². The number of carbonyl (C=O) groups excluding carboxylic acids is 2. The molecule has 0 bridgehead atoms. The highest BCUT2D eigenvalue weighted by atomic mass is 35.5. The van der Waals surface area contributed by atoms with Gasteiger partial charge in [-0.15, -0.1) is 0 Å². The molecule has 1 N–H and O–H groups in total. The van der Waals surface area contributed by atoms with Gasteiger partial charge in [-0.1, -0.05) is 66.4 Å². The molecule has 2 aromatic carbocycles. The number of aryl methyl sites for hydroxylation is 1. The Hall–Kier alpha value is -2.53. The van der Waals surface area contributed by atoms with Crippen LogP contribution in [0.4, 0.5) is 0 Å². The van der Waals surface area contributed by atoms with Crippen molar-refractivity contribution < 1.29 is 14.3 Å². The number of nitrogens with one attached hydrogen (secondary N) is 1. The van der Waals surface area contributed by atoms with Crippen LogP contribution in [0.2, 0.25) is 5.02 Å². The number of amides is 2. The van der Waals surface area contributed by atoms with E-state index in [1.165, 1.54) is 0 Å². The summed E-state index contributed by atoms with van der Waals surface area (Å²) in [6, 6.07) is 14.6. The van der Waals surface area contributed by atoms with Gasteiger partial charge in [0, 0.05) is 12.6 Å². The number of nitrogens with zero attached hydrogens (tertiary/aromatic N) is 1. The molecule has 0 aromatic heterocycles. The van der Waals surface area contributed by atoms with Crippen molar-refractivity contribution in [2.45, 2.75) is 58.2 Å². The first kappa shape index (κ1) is 22.2. The van der Waals surface area contributed by atoms with Gasteiger partial charge in [0.2, 0.25) is 5.91 Å². The number of carbonyl (C=O) groups is 2. The van der Waals surface area contributed by atoms with E-state index in [9.17, 15) is 9.59 Å². The van der Waals surface area contributed by atoms with Gasteiger partial charge < -0.3 is 15.0 Å². The monoisotopic (exact) mass is 428 g/mol. The summed E-state index contributed by atoms with van der Waals surface area (Å²) in [5.41, 5.74) is 2.08. The van der Waals surface area contributed by atoms with Crippen molar-refractivity contribution in [1.82, 2.24) is 10.2 Å². The Morgan fingerprint density at radius 3 is 2.60 bits per heavy atom. The van der Waals surface area contributed by atoms with Crippen LogP contribution < -0.4 is 10.1 Å². The Labute approximate surface area is 183 Å². The van der Waals surface area contributed by atoms with Gasteiger partial charge in [0.25, 0.3) is 5.91 Å². The third kappa shape index (κ3) is 5.99. The van der Waals surface area contributed by atoms with Crippen LogP contribution in [-0.4, -0.2) is 35.4 Å². The fourth-order valence-corrected chi connectivity index (χ4v) is 3.96. The van der Waals surface area contributed by atoms with Crippen LogP contribution in [0, 0.1) is 6.92 Å². The normalized spacial score (nSPS) is 14.9. The van der Waals surface area contributed by atoms with Crippen molar-refractivity contribution in [2.75, 3.05) is 6.61 Å². The molecule has 0 unspecified atom stereocenters. The SMILES string of the molecule is Cc1cccc(CN(C(=O)COc2ccccc2Cl)[C@@H](C)C(=O)NC2CCCC2)c1. The van der Waals surface area contributed by atoms with Gasteiger partial charge in [0.1, 0.15) is 11.8 Å². The van der Waals surface area contributed by atoms with Gasteiger partial charge in [0.05, 0.1) is 5.02 Å². The zero-order chi connectivity index (χ0) is 21.5. The Balaban J connectivity index is 1.72. The topological polar surface area (TPSA) is 58.6 Å². The van der Waals surface area contributed by atoms with Crippen LogP contribution in [0.1, 0.15) is 43.7 Å². The molecule has 2 amide bonds. The summed E-state index contributed by atoms with van der Waals surface area (Å²) in [6.45, 7) is 3.93. The van der Waals surface area contributed by atoms with E-state index >= 15 is 0 Å². The molecular formula is C24H29ClN2O3. The van der Waals surface area contributed by atoms with Crippen LogP contribution in [0.5, 0.6) is 5.75 Å². The minimum atomic E-state index is -0.603. The van der Waals surface area contributed by atoms with Gasteiger partial charge in [-0.2, -0.15) is 0 Å². The molecule has 1 aliphatic rings. The maximum Gasteiger partial charge on any atom is 0.261 e. The molecular weight excluding hydrogens is 400 g/mol. The molecule has 0 radical (unpaired) electrons. The average molecular weight is 429 g/mol. The van der Waals surface area contributed by atoms with Gasteiger partial charge >= 0.3 is 0 Å². The molecule has 160 valence electrons. The second-order valence-electron chi connectivity index (χ2n) is 7.90. The molecule has 0 saturated heterocycles. The predicted molar refractivity (Wildman–Crippen MR) is 119 cm³/mol. The molecule has 5 nitrogen and oxygen atoms in total. The fourth-order valence-electron chi connectivity index (χ4n) is 3.77. The Morgan fingerprint density at radius 2 is 1.90 bits per heavy atom. The second-order valence-corrected chi connectivity index (χ2v) is 8.30. The lowest BCUT2D eigenvalue weighted by Crippen LogP contribution is -2.50. The quantitative estimate of drug-likeness (QED) is 0.673. The van der Waals surface area contributed by atoms with E-state index in [0.29, 0.717) is 17.3 Å². The Kier molecular flexibility index (Phi) is 7.75. The largest absolute Gasteiger partial charge is 0.482 e. The fraction of sp³-hybridized carbons (Fsp3) is 0.417. The first-order valence-corrected chi connectivity index (χ1v) is 10.8. The summed E-state index contributed by atoms with van der Waals surface area (Å²) in [5.74, 6) is 0.0669. The highest BCUT2D eigenvalue weighted by Crippen LogP contribution is 2.23. The van der Waals surface area contributed by atoms with E-state index in [2.05, 4.69) is 5.32 Å². The van der Waals surface area contributed by atoms with Crippen molar-refractivity contribution in [3.05, 3.63) is 64.7 Å². The summed E-state index contributed by atoms with van der Waals surface area (Å²) >= 11 is 6.13. The number of halogens is 1. The molecule has 2 aromatic rings. The number of rotatable bonds is 8. The van der Waals surface area contributed by atoms with E-state index < -0.39 is 6.04 Å². The number of para-hydroxylation sites is 1. The lowest BCUT2D eigenvalue weighted by molar-refractivity contribution is -0.142. The molecule has 1 fully saturated rings. The van der Waals surface area contributed by atoms with Crippen LogP contribution in [0.15, 0.2) is 48.5 Å². The maximum atomic E-state index is 13.1. The zero-order valence-corrected chi connectivity index (χ0v) is 18.3.